The van der Waals surface area contributed by atoms with Crippen LogP contribution in [-0.4, -0.2) is 5.88 Å². The molecular formula is C11H7BrN4S. The Morgan fingerprint density at radius 3 is 2.94 bits per heavy atom. The van der Waals surface area contributed by atoms with Crippen molar-refractivity contribution in [2.45, 2.75) is 0 Å². The Morgan fingerprint density at radius 2 is 2.24 bits per heavy atom. The predicted molar refractivity (Wildman–Crippen MR) is 72.0 cm³/mol. The number of hydrogen-bond donors (Lipinski definition) is 1. The second-order valence-electron chi connectivity index (χ2n) is 3.27. The topological polar surface area (TPSA) is 62.9 Å². The number of rotatable bonds is 1. The zero-order valence-electron chi connectivity index (χ0n) is 8.64. The fourth-order valence-corrected chi connectivity index (χ4v) is 2.53. The van der Waals surface area contributed by atoms with Crippen LogP contribution in [0.4, 0.5) is 11.4 Å². The van der Waals surface area contributed by atoms with Gasteiger partial charge < -0.3 is 9.62 Å². The average molecular weight is 307 g/mol. The Labute approximate surface area is 112 Å². The molecule has 0 amide bonds. The summed E-state index contributed by atoms with van der Waals surface area (Å²) in [6, 6.07) is 9.55. The van der Waals surface area contributed by atoms with Gasteiger partial charge in [0.05, 0.1) is 17.3 Å². The summed E-state index contributed by atoms with van der Waals surface area (Å²) in [4.78, 5) is 1.88. The molecule has 0 aromatic heterocycles. The maximum atomic E-state index is 8.75. The summed E-state index contributed by atoms with van der Waals surface area (Å²) in [6.07, 6.45) is 1.57. The maximum absolute atomic E-state index is 8.75. The Balaban J connectivity index is 2.40. The lowest BCUT2D eigenvalue weighted by Gasteiger charge is -2.28. The lowest BCUT2D eigenvalue weighted by Crippen LogP contribution is -2.22. The number of nitriles is 2. The molecule has 0 radical (unpaired) electrons. The number of benzene rings is 1. The number of halogens is 1. The van der Waals surface area contributed by atoms with Crippen molar-refractivity contribution in [2.75, 3.05) is 15.5 Å². The highest BCUT2D eigenvalue weighted by atomic mass is 79.9. The lowest BCUT2D eigenvalue weighted by molar-refractivity contribution is 1.15. The van der Waals surface area contributed by atoms with E-state index in [2.05, 4.69) is 20.7 Å². The molecule has 0 atom stereocenters. The van der Waals surface area contributed by atoms with Gasteiger partial charge in [-0.05, 0) is 30.1 Å². The van der Waals surface area contributed by atoms with Crippen LogP contribution in [0.1, 0.15) is 0 Å². The van der Waals surface area contributed by atoms with E-state index in [1.54, 1.807) is 6.20 Å². The van der Waals surface area contributed by atoms with Gasteiger partial charge in [0.25, 0.3) is 0 Å². The van der Waals surface area contributed by atoms with E-state index in [1.807, 2.05) is 35.2 Å². The normalized spacial score (nSPS) is 12.8. The molecule has 1 aromatic carbocycles. The zero-order chi connectivity index (χ0) is 12.3. The third kappa shape index (κ3) is 2.55. The number of nitrogens with zero attached hydrogens (tertiary/aromatic N) is 3. The first-order chi connectivity index (χ1) is 8.24. The van der Waals surface area contributed by atoms with Gasteiger partial charge in [-0.2, -0.15) is 10.5 Å². The summed E-state index contributed by atoms with van der Waals surface area (Å²) in [7, 11) is 0. The molecule has 0 saturated carbocycles. The predicted octanol–water partition coefficient (Wildman–Crippen LogP) is 3.22. The molecule has 2 rings (SSSR count). The van der Waals surface area contributed by atoms with E-state index >= 15 is 0 Å². The van der Waals surface area contributed by atoms with E-state index in [9.17, 15) is 0 Å². The van der Waals surface area contributed by atoms with Crippen LogP contribution < -0.4 is 9.62 Å². The molecule has 6 heteroatoms. The monoisotopic (exact) mass is 306 g/mol. The molecule has 0 aliphatic carbocycles. The molecule has 0 saturated heterocycles. The molecule has 1 N–H and O–H groups in total. The van der Waals surface area contributed by atoms with Crippen molar-refractivity contribution < 1.29 is 0 Å². The maximum Gasteiger partial charge on any atom is 0.145 e. The van der Waals surface area contributed by atoms with E-state index < -0.39 is 0 Å². The van der Waals surface area contributed by atoms with E-state index in [-0.39, 0.29) is 5.57 Å². The lowest BCUT2D eigenvalue weighted by atomic mass is 10.2. The van der Waals surface area contributed by atoms with Crippen LogP contribution in [0.5, 0.6) is 0 Å². The molecule has 1 aliphatic heterocycles. The molecule has 17 heavy (non-hydrogen) atoms. The number of fused-ring (bicyclic) bond motifs is 1. The fraction of sp³-hybridized carbons (Fsp3) is 0.0909. The van der Waals surface area contributed by atoms with Gasteiger partial charge in [-0.1, -0.05) is 15.9 Å². The van der Waals surface area contributed by atoms with Gasteiger partial charge in [0, 0.05) is 10.7 Å². The van der Waals surface area contributed by atoms with Crippen LogP contribution in [0, 0.1) is 22.7 Å². The van der Waals surface area contributed by atoms with Crippen molar-refractivity contribution in [3.8, 4) is 12.1 Å². The first kappa shape index (κ1) is 11.8. The van der Waals surface area contributed by atoms with Crippen molar-refractivity contribution in [3.63, 3.8) is 0 Å². The average Bonchev–Trinajstić information content (AvgIpc) is 2.35. The highest BCUT2D eigenvalue weighted by molar-refractivity contribution is 9.10. The summed E-state index contributed by atoms with van der Waals surface area (Å²) in [5, 5.41) is 17.5. The Bertz CT molecular complexity index is 540. The Morgan fingerprint density at radius 1 is 1.47 bits per heavy atom. The second kappa shape index (κ2) is 5.13. The zero-order valence-corrected chi connectivity index (χ0v) is 11.0. The van der Waals surface area contributed by atoms with Gasteiger partial charge in [0.2, 0.25) is 0 Å². The van der Waals surface area contributed by atoms with E-state index in [0.29, 0.717) is 5.88 Å². The largest absolute Gasteiger partial charge is 0.333 e. The minimum atomic E-state index is 0.0985. The minimum Gasteiger partial charge on any atom is -0.333 e. The minimum absolute atomic E-state index is 0.0985. The Kier molecular flexibility index (Phi) is 3.58. The van der Waals surface area contributed by atoms with Crippen LogP contribution in [0.25, 0.3) is 0 Å². The summed E-state index contributed by atoms with van der Waals surface area (Å²) in [5.74, 6) is 0.654. The molecule has 0 spiro atoms. The summed E-state index contributed by atoms with van der Waals surface area (Å²) < 4.78 is 4.17. The first-order valence-corrected chi connectivity index (χ1v) is 6.48. The van der Waals surface area contributed by atoms with Crippen LogP contribution in [0.2, 0.25) is 0 Å². The molecule has 1 aromatic rings. The molecule has 0 bridgehead atoms. The molecule has 0 unspecified atom stereocenters. The molecule has 4 nitrogen and oxygen atoms in total. The fourth-order valence-electron chi connectivity index (χ4n) is 1.43. The van der Waals surface area contributed by atoms with E-state index in [4.69, 9.17) is 10.5 Å². The molecule has 1 heterocycles. The van der Waals surface area contributed by atoms with Gasteiger partial charge in [-0.15, -0.1) is 0 Å². The van der Waals surface area contributed by atoms with Gasteiger partial charge in [0.1, 0.15) is 17.7 Å². The number of allylic oxidation sites excluding steroid dienone is 1. The first-order valence-electron chi connectivity index (χ1n) is 4.70. The van der Waals surface area contributed by atoms with Gasteiger partial charge >= 0.3 is 0 Å². The van der Waals surface area contributed by atoms with Gasteiger partial charge in [-0.25, -0.2) is 0 Å². The third-order valence-corrected chi connectivity index (χ3v) is 3.44. The number of nitrogens with one attached hydrogen (secondary N) is 1. The van der Waals surface area contributed by atoms with E-state index in [1.165, 1.54) is 11.9 Å². The molecule has 1 aliphatic rings. The van der Waals surface area contributed by atoms with Gasteiger partial charge in [-0.3, -0.25) is 0 Å². The standard InChI is InChI=1S/C11H7BrN4S/c12-9-1-2-11-10(3-9)15-17-7-16(11)6-8(4-13)5-14/h1-3,6,15H,7H2. The van der Waals surface area contributed by atoms with Crippen molar-refractivity contribution in [1.82, 2.24) is 0 Å². The molecular weight excluding hydrogens is 300 g/mol. The number of hydrogen-bond acceptors (Lipinski definition) is 5. The highest BCUT2D eigenvalue weighted by Gasteiger charge is 2.16. The highest BCUT2D eigenvalue weighted by Crippen LogP contribution is 2.36. The third-order valence-electron chi connectivity index (χ3n) is 2.18. The van der Waals surface area contributed by atoms with Crippen molar-refractivity contribution in [3.05, 3.63) is 34.4 Å². The van der Waals surface area contributed by atoms with Crippen LogP contribution >= 0.6 is 27.9 Å². The van der Waals surface area contributed by atoms with Gasteiger partial charge in [0.15, 0.2) is 0 Å². The van der Waals surface area contributed by atoms with Crippen molar-refractivity contribution in [2.24, 2.45) is 0 Å². The second-order valence-corrected chi connectivity index (χ2v) is 4.94. The molecule has 0 fully saturated rings. The quantitative estimate of drug-likeness (QED) is 0.637. The number of anilines is 2. The van der Waals surface area contributed by atoms with Crippen LogP contribution in [-0.2, 0) is 0 Å². The molecule has 84 valence electrons. The summed E-state index contributed by atoms with van der Waals surface area (Å²) in [6.45, 7) is 0. The Hall–Kier alpha value is -1.63. The smallest absolute Gasteiger partial charge is 0.145 e. The van der Waals surface area contributed by atoms with Crippen LogP contribution in [0.15, 0.2) is 34.4 Å². The van der Waals surface area contributed by atoms with Crippen LogP contribution in [0.3, 0.4) is 0 Å². The summed E-state index contributed by atoms with van der Waals surface area (Å²) >= 11 is 4.91. The van der Waals surface area contributed by atoms with Crippen molar-refractivity contribution in [1.29, 1.82) is 10.5 Å². The van der Waals surface area contributed by atoms with Crippen molar-refractivity contribution >= 4 is 39.3 Å². The summed E-state index contributed by atoms with van der Waals surface area (Å²) in [5.41, 5.74) is 2.01. The van der Waals surface area contributed by atoms with E-state index in [0.717, 1.165) is 15.8 Å². The SMILES string of the molecule is N#CC(C#N)=CN1CSNc2cc(Br)ccc21.